The number of hydrogen-bond donors (Lipinski definition) is 2. The largest absolute Gasteiger partial charge is 0.481 e. The summed E-state index contributed by atoms with van der Waals surface area (Å²) in [5.41, 5.74) is 0. The second-order valence-electron chi connectivity index (χ2n) is 7.30. The van der Waals surface area contributed by atoms with Gasteiger partial charge in [-0.15, -0.1) is 11.8 Å². The van der Waals surface area contributed by atoms with Crippen LogP contribution in [0.5, 0.6) is 0 Å². The summed E-state index contributed by atoms with van der Waals surface area (Å²) in [5.74, 6) is 0.341. The summed E-state index contributed by atoms with van der Waals surface area (Å²) in [6.45, 7) is 3.97. The lowest BCUT2D eigenvalue weighted by Crippen LogP contribution is -2.36. The lowest BCUT2D eigenvalue weighted by molar-refractivity contribution is -0.148. The molecule has 1 rings (SSSR count). The smallest absolute Gasteiger partial charge is 0.327 e. The van der Waals surface area contributed by atoms with Gasteiger partial charge in [0.2, 0.25) is 0 Å². The number of likely N-dealkylation sites (tertiary alicyclic amines) is 1. The van der Waals surface area contributed by atoms with Gasteiger partial charge in [-0.2, -0.15) is 8.78 Å². The first-order chi connectivity index (χ1) is 13.2. The number of carbonyl (C=O) groups excluding carboxylic acids is 1. The van der Waals surface area contributed by atoms with Gasteiger partial charge in [-0.1, -0.05) is 38.8 Å². The van der Waals surface area contributed by atoms with Crippen molar-refractivity contribution in [3.8, 4) is 11.8 Å². The number of amides is 1. The molecule has 0 saturated carbocycles. The monoisotopic (exact) mass is 399 g/mol. The van der Waals surface area contributed by atoms with Crippen LogP contribution < -0.4 is 0 Å². The minimum Gasteiger partial charge on any atom is -0.481 e. The predicted molar refractivity (Wildman–Crippen MR) is 103 cm³/mol. The number of rotatable bonds is 11. The molecule has 7 heteroatoms. The number of aliphatic carboxylic acids is 1. The maximum absolute atomic E-state index is 13.9. The molecule has 0 spiro atoms. The normalized spacial score (nSPS) is 20.8. The van der Waals surface area contributed by atoms with Gasteiger partial charge >= 0.3 is 11.9 Å². The molecule has 0 radical (unpaired) electrons. The van der Waals surface area contributed by atoms with Crippen LogP contribution in [0.1, 0.15) is 65.2 Å². The van der Waals surface area contributed by atoms with Gasteiger partial charge in [0.25, 0.3) is 5.91 Å². The highest BCUT2D eigenvalue weighted by Gasteiger charge is 2.52. The van der Waals surface area contributed by atoms with Crippen LogP contribution in [0.3, 0.4) is 0 Å². The third kappa shape index (κ3) is 7.97. The van der Waals surface area contributed by atoms with Crippen LogP contribution in [0, 0.1) is 17.8 Å². The Labute approximate surface area is 165 Å². The van der Waals surface area contributed by atoms with E-state index >= 15 is 0 Å². The number of carboxylic acids is 1. The van der Waals surface area contributed by atoms with Crippen molar-refractivity contribution in [2.45, 2.75) is 83.3 Å². The fourth-order valence-electron chi connectivity index (χ4n) is 3.08. The van der Waals surface area contributed by atoms with Crippen molar-refractivity contribution in [2.24, 2.45) is 5.92 Å². The third-order valence-corrected chi connectivity index (χ3v) is 4.82. The number of alkyl halides is 2. The molecule has 1 fully saturated rings. The maximum Gasteiger partial charge on any atom is 0.327 e. The van der Waals surface area contributed by atoms with Crippen LogP contribution in [-0.2, 0) is 9.59 Å². The first-order valence-electron chi connectivity index (χ1n) is 9.91. The molecule has 1 saturated heterocycles. The number of aliphatic hydroxyl groups is 1. The third-order valence-electron chi connectivity index (χ3n) is 4.82. The quantitative estimate of drug-likeness (QED) is 0.316. The molecule has 2 N–H and O–H groups in total. The van der Waals surface area contributed by atoms with Gasteiger partial charge in [-0.3, -0.25) is 9.59 Å². The standard InChI is InChI=1S/C21H31F2NO4/c1-3-4-7-10-16(2)18(25)13-12-17-15-21(22,23)20(28)24(17)14-9-6-5-8-11-19(26)27/h12-13,16-18,25H,3,5-6,8-11,14-15H2,1-2H3,(H,26,27)/b13-12+/t16-,17-,18-/m0/s1. The molecule has 1 amide bonds. The van der Waals surface area contributed by atoms with Crippen LogP contribution >= 0.6 is 0 Å². The van der Waals surface area contributed by atoms with E-state index in [0.717, 1.165) is 6.42 Å². The lowest BCUT2D eigenvalue weighted by Gasteiger charge is -2.22. The zero-order valence-electron chi connectivity index (χ0n) is 16.7. The summed E-state index contributed by atoms with van der Waals surface area (Å²) in [5, 5.41) is 18.8. The number of halogens is 2. The Balaban J connectivity index is 2.58. The number of unbranched alkanes of at least 4 members (excludes halogenated alkanes) is 3. The summed E-state index contributed by atoms with van der Waals surface area (Å²) >= 11 is 0. The minimum absolute atomic E-state index is 0.0881. The van der Waals surface area contributed by atoms with E-state index in [4.69, 9.17) is 5.11 Å². The fraction of sp³-hybridized carbons (Fsp3) is 0.714. The second-order valence-corrected chi connectivity index (χ2v) is 7.30. The molecular weight excluding hydrogens is 368 g/mol. The Bertz CT molecular complexity index is 609. The van der Waals surface area contributed by atoms with E-state index in [-0.39, 0.29) is 18.9 Å². The van der Waals surface area contributed by atoms with Gasteiger partial charge in [0.1, 0.15) is 0 Å². The molecule has 28 heavy (non-hydrogen) atoms. The number of aliphatic hydroxyl groups excluding tert-OH is 1. The van der Waals surface area contributed by atoms with Crippen molar-refractivity contribution in [3.63, 3.8) is 0 Å². The van der Waals surface area contributed by atoms with Gasteiger partial charge in [0.15, 0.2) is 0 Å². The molecule has 0 unspecified atom stereocenters. The van der Waals surface area contributed by atoms with E-state index in [1.807, 2.05) is 13.8 Å². The zero-order valence-corrected chi connectivity index (χ0v) is 16.7. The summed E-state index contributed by atoms with van der Waals surface area (Å²) in [4.78, 5) is 23.6. The Morgan fingerprint density at radius 1 is 1.32 bits per heavy atom. The molecular formula is C21H31F2NO4. The molecule has 0 aromatic carbocycles. The van der Waals surface area contributed by atoms with Crippen molar-refractivity contribution in [1.82, 2.24) is 4.90 Å². The SMILES string of the molecule is CCC#CC[C@H](C)[C@@H](O)/C=C/[C@H]1CC(F)(F)C(=O)N1CCCCCCC(=O)O. The van der Waals surface area contributed by atoms with Crippen LogP contribution in [0.2, 0.25) is 0 Å². The summed E-state index contributed by atoms with van der Waals surface area (Å²) in [6.07, 6.45) is 5.36. The van der Waals surface area contributed by atoms with Crippen molar-refractivity contribution in [3.05, 3.63) is 12.2 Å². The molecule has 1 aliphatic rings. The minimum atomic E-state index is -3.39. The highest BCUT2D eigenvalue weighted by molar-refractivity contribution is 5.86. The lowest BCUT2D eigenvalue weighted by atomic mass is 9.99. The van der Waals surface area contributed by atoms with E-state index in [0.29, 0.717) is 32.1 Å². The van der Waals surface area contributed by atoms with E-state index < -0.39 is 36.4 Å². The zero-order chi connectivity index (χ0) is 21.2. The van der Waals surface area contributed by atoms with Crippen molar-refractivity contribution in [2.75, 3.05) is 6.54 Å². The highest BCUT2D eigenvalue weighted by Crippen LogP contribution is 2.34. The summed E-state index contributed by atoms with van der Waals surface area (Å²) in [6, 6.07) is -0.745. The molecule has 1 heterocycles. The van der Waals surface area contributed by atoms with E-state index in [1.54, 1.807) is 0 Å². The van der Waals surface area contributed by atoms with Gasteiger partial charge in [-0.05, 0) is 18.8 Å². The average Bonchev–Trinajstić information content (AvgIpc) is 2.85. The topological polar surface area (TPSA) is 77.8 Å². The van der Waals surface area contributed by atoms with Gasteiger partial charge in [0, 0.05) is 32.2 Å². The molecule has 158 valence electrons. The number of hydrogen-bond acceptors (Lipinski definition) is 3. The fourth-order valence-corrected chi connectivity index (χ4v) is 3.08. The summed E-state index contributed by atoms with van der Waals surface area (Å²) in [7, 11) is 0. The number of carbonyl (C=O) groups is 2. The van der Waals surface area contributed by atoms with Crippen LogP contribution in [0.15, 0.2) is 12.2 Å². The van der Waals surface area contributed by atoms with Gasteiger partial charge < -0.3 is 15.1 Å². The highest BCUT2D eigenvalue weighted by atomic mass is 19.3. The van der Waals surface area contributed by atoms with Crippen LogP contribution in [0.25, 0.3) is 0 Å². The second kappa shape index (κ2) is 11.8. The van der Waals surface area contributed by atoms with Crippen LogP contribution in [0.4, 0.5) is 8.78 Å². The Morgan fingerprint density at radius 2 is 2.00 bits per heavy atom. The molecule has 0 aromatic heterocycles. The van der Waals surface area contributed by atoms with Crippen molar-refractivity contribution in [1.29, 1.82) is 0 Å². The summed E-state index contributed by atoms with van der Waals surface area (Å²) < 4.78 is 27.7. The molecule has 1 aliphatic heterocycles. The van der Waals surface area contributed by atoms with Gasteiger partial charge in [0.05, 0.1) is 12.1 Å². The first-order valence-corrected chi connectivity index (χ1v) is 9.91. The van der Waals surface area contributed by atoms with Crippen molar-refractivity contribution < 1.29 is 28.6 Å². The van der Waals surface area contributed by atoms with Crippen molar-refractivity contribution >= 4 is 11.9 Å². The van der Waals surface area contributed by atoms with E-state index in [1.165, 1.54) is 17.1 Å². The van der Waals surface area contributed by atoms with Gasteiger partial charge in [-0.25, -0.2) is 0 Å². The molecule has 0 bridgehead atoms. The molecule has 5 nitrogen and oxygen atoms in total. The average molecular weight is 399 g/mol. The van der Waals surface area contributed by atoms with Crippen LogP contribution in [-0.4, -0.2) is 51.6 Å². The first kappa shape index (κ1) is 24.1. The molecule has 0 aliphatic carbocycles. The van der Waals surface area contributed by atoms with E-state index in [9.17, 15) is 23.5 Å². The number of nitrogens with zero attached hydrogens (tertiary/aromatic N) is 1. The maximum atomic E-state index is 13.9. The Kier molecular flexibility index (Phi) is 10.2. The van der Waals surface area contributed by atoms with E-state index in [2.05, 4.69) is 11.8 Å². The number of carboxylic acid groups (broad SMARTS) is 1. The predicted octanol–water partition coefficient (Wildman–Crippen LogP) is 3.61. The Hall–Kier alpha value is -1.94. The Morgan fingerprint density at radius 3 is 2.64 bits per heavy atom. The molecule has 3 atom stereocenters. The molecule has 0 aromatic rings.